The molecule has 25 heavy (non-hydrogen) atoms. The van der Waals surface area contributed by atoms with Crippen LogP contribution in [0.15, 0.2) is 36.5 Å². The summed E-state index contributed by atoms with van der Waals surface area (Å²) >= 11 is 0. The van der Waals surface area contributed by atoms with Gasteiger partial charge in [0.2, 0.25) is 0 Å². The molecule has 2 heterocycles. The van der Waals surface area contributed by atoms with Gasteiger partial charge in [-0.25, -0.2) is 4.98 Å². The van der Waals surface area contributed by atoms with Gasteiger partial charge in [0.25, 0.3) is 5.69 Å². The topological polar surface area (TPSA) is 110 Å². The standard InChI is InChI=1S/C17H14N6O2/c18-11-13-1-2-15(16(9-13)23(24)25)21-5-7-22(8-6-21)17-10-14(12-19)3-4-20-17/h1-4,9-10H,5-8H2. The number of rotatable bonds is 3. The number of hydrogen-bond acceptors (Lipinski definition) is 7. The van der Waals surface area contributed by atoms with Crippen molar-refractivity contribution in [1.29, 1.82) is 10.5 Å². The molecule has 0 radical (unpaired) electrons. The second-order valence-corrected chi connectivity index (χ2v) is 5.56. The molecule has 0 bridgehead atoms. The van der Waals surface area contributed by atoms with Crippen molar-refractivity contribution in [3.8, 4) is 12.1 Å². The summed E-state index contributed by atoms with van der Waals surface area (Å²) in [5.74, 6) is 0.730. The summed E-state index contributed by atoms with van der Waals surface area (Å²) in [6.45, 7) is 2.45. The van der Waals surface area contributed by atoms with Crippen molar-refractivity contribution in [2.45, 2.75) is 0 Å². The highest BCUT2D eigenvalue weighted by molar-refractivity contribution is 5.66. The second-order valence-electron chi connectivity index (χ2n) is 5.56. The van der Waals surface area contributed by atoms with Gasteiger partial charge in [0.05, 0.1) is 28.2 Å². The largest absolute Gasteiger partial charge is 0.362 e. The molecular formula is C17H14N6O2. The van der Waals surface area contributed by atoms with Gasteiger partial charge >= 0.3 is 0 Å². The highest BCUT2D eigenvalue weighted by Gasteiger charge is 2.24. The number of nitro groups is 1. The third-order valence-corrected chi connectivity index (χ3v) is 4.12. The fourth-order valence-electron chi connectivity index (χ4n) is 2.84. The molecule has 8 heteroatoms. The predicted molar refractivity (Wildman–Crippen MR) is 91.2 cm³/mol. The molecule has 1 fully saturated rings. The zero-order valence-corrected chi connectivity index (χ0v) is 13.3. The van der Waals surface area contributed by atoms with E-state index in [2.05, 4.69) is 11.1 Å². The molecule has 1 aromatic heterocycles. The molecule has 0 N–H and O–H groups in total. The number of piperazine rings is 1. The molecular weight excluding hydrogens is 320 g/mol. The fourth-order valence-corrected chi connectivity index (χ4v) is 2.84. The van der Waals surface area contributed by atoms with E-state index >= 15 is 0 Å². The summed E-state index contributed by atoms with van der Waals surface area (Å²) in [7, 11) is 0. The van der Waals surface area contributed by atoms with E-state index in [1.807, 2.05) is 15.9 Å². The van der Waals surface area contributed by atoms with Gasteiger partial charge in [-0.05, 0) is 24.3 Å². The molecule has 0 amide bonds. The smallest absolute Gasteiger partial charge is 0.293 e. The first-order valence-electron chi connectivity index (χ1n) is 7.67. The van der Waals surface area contributed by atoms with Crippen LogP contribution in [-0.2, 0) is 0 Å². The average molecular weight is 334 g/mol. The number of nitriles is 2. The van der Waals surface area contributed by atoms with E-state index in [4.69, 9.17) is 10.5 Å². The Hall–Kier alpha value is -3.65. The van der Waals surface area contributed by atoms with E-state index in [0.717, 1.165) is 5.82 Å². The summed E-state index contributed by atoms with van der Waals surface area (Å²) in [6.07, 6.45) is 1.60. The maximum atomic E-state index is 11.3. The van der Waals surface area contributed by atoms with E-state index in [-0.39, 0.29) is 11.3 Å². The molecule has 3 rings (SSSR count). The molecule has 1 saturated heterocycles. The van der Waals surface area contributed by atoms with Gasteiger partial charge in [-0.15, -0.1) is 0 Å². The molecule has 124 valence electrons. The van der Waals surface area contributed by atoms with E-state index < -0.39 is 4.92 Å². The Balaban J connectivity index is 1.78. The van der Waals surface area contributed by atoms with Crippen LogP contribution in [0.25, 0.3) is 0 Å². The van der Waals surface area contributed by atoms with Crippen molar-refractivity contribution in [3.05, 3.63) is 57.8 Å². The number of aromatic nitrogens is 1. The predicted octanol–water partition coefficient (Wildman–Crippen LogP) is 2.06. The van der Waals surface area contributed by atoms with Gasteiger partial charge in [-0.1, -0.05) is 0 Å². The number of pyridine rings is 1. The monoisotopic (exact) mass is 334 g/mol. The van der Waals surface area contributed by atoms with Gasteiger partial charge in [0, 0.05) is 38.4 Å². The highest BCUT2D eigenvalue weighted by Crippen LogP contribution is 2.30. The van der Waals surface area contributed by atoms with Crippen molar-refractivity contribution in [3.63, 3.8) is 0 Å². The molecule has 0 spiro atoms. The van der Waals surface area contributed by atoms with Gasteiger partial charge in [-0.3, -0.25) is 10.1 Å². The summed E-state index contributed by atoms with van der Waals surface area (Å²) < 4.78 is 0. The molecule has 8 nitrogen and oxygen atoms in total. The van der Waals surface area contributed by atoms with E-state index in [0.29, 0.717) is 37.4 Å². The zero-order chi connectivity index (χ0) is 17.8. The maximum absolute atomic E-state index is 11.3. The van der Waals surface area contributed by atoms with Gasteiger partial charge in [0.15, 0.2) is 0 Å². The summed E-state index contributed by atoms with van der Waals surface area (Å²) in [5.41, 5.74) is 1.28. The Labute approximate surface area is 144 Å². The lowest BCUT2D eigenvalue weighted by Crippen LogP contribution is -2.47. The van der Waals surface area contributed by atoms with E-state index in [9.17, 15) is 10.1 Å². The van der Waals surface area contributed by atoms with Crippen LogP contribution in [0.3, 0.4) is 0 Å². The van der Waals surface area contributed by atoms with Gasteiger partial charge < -0.3 is 9.80 Å². The van der Waals surface area contributed by atoms with Crippen molar-refractivity contribution in [2.75, 3.05) is 36.0 Å². The molecule has 0 unspecified atom stereocenters. The Morgan fingerprint density at radius 2 is 1.64 bits per heavy atom. The minimum atomic E-state index is -0.458. The van der Waals surface area contributed by atoms with Crippen molar-refractivity contribution < 1.29 is 4.92 Å². The second kappa shape index (κ2) is 6.85. The number of nitrogens with zero attached hydrogens (tertiary/aromatic N) is 6. The SMILES string of the molecule is N#Cc1ccnc(N2CCN(c3ccc(C#N)cc3[N+](=O)[O-])CC2)c1. The zero-order valence-electron chi connectivity index (χ0n) is 13.3. The van der Waals surface area contributed by atoms with Crippen LogP contribution in [-0.4, -0.2) is 36.1 Å². The Kier molecular flexibility index (Phi) is 4.44. The number of anilines is 2. The molecule has 0 aliphatic carbocycles. The van der Waals surface area contributed by atoms with Gasteiger partial charge in [0.1, 0.15) is 11.5 Å². The number of benzene rings is 1. The summed E-state index contributed by atoms with van der Waals surface area (Å²) in [4.78, 5) is 19.1. The number of hydrogen-bond donors (Lipinski definition) is 0. The van der Waals surface area contributed by atoms with Crippen molar-refractivity contribution in [2.24, 2.45) is 0 Å². The first-order valence-corrected chi connectivity index (χ1v) is 7.67. The Morgan fingerprint density at radius 1 is 1.00 bits per heavy atom. The van der Waals surface area contributed by atoms with Crippen LogP contribution < -0.4 is 9.80 Å². The quantitative estimate of drug-likeness (QED) is 0.624. The molecule has 2 aromatic rings. The first kappa shape index (κ1) is 16.2. The Bertz CT molecular complexity index is 891. The van der Waals surface area contributed by atoms with Crippen LogP contribution in [0.4, 0.5) is 17.2 Å². The maximum Gasteiger partial charge on any atom is 0.293 e. The molecule has 1 aliphatic rings. The van der Waals surface area contributed by atoms with Crippen LogP contribution in [0, 0.1) is 32.8 Å². The minimum absolute atomic E-state index is 0.0582. The minimum Gasteiger partial charge on any atom is -0.362 e. The third-order valence-electron chi connectivity index (χ3n) is 4.12. The lowest BCUT2D eigenvalue weighted by Gasteiger charge is -2.36. The number of nitro benzene ring substituents is 1. The van der Waals surface area contributed by atoms with Crippen LogP contribution in [0.1, 0.15) is 11.1 Å². The lowest BCUT2D eigenvalue weighted by molar-refractivity contribution is -0.384. The summed E-state index contributed by atoms with van der Waals surface area (Å²) in [5, 5.41) is 29.2. The lowest BCUT2D eigenvalue weighted by atomic mass is 10.1. The normalized spacial score (nSPS) is 13.8. The van der Waals surface area contributed by atoms with Crippen LogP contribution in [0.5, 0.6) is 0 Å². The molecule has 1 aromatic carbocycles. The first-order chi connectivity index (χ1) is 12.1. The fraction of sp³-hybridized carbons (Fsp3) is 0.235. The molecule has 0 saturated carbocycles. The van der Waals surface area contributed by atoms with E-state index in [1.54, 1.807) is 30.5 Å². The van der Waals surface area contributed by atoms with Crippen molar-refractivity contribution >= 4 is 17.2 Å². The van der Waals surface area contributed by atoms with Gasteiger partial charge in [-0.2, -0.15) is 10.5 Å². The van der Waals surface area contributed by atoms with Crippen LogP contribution >= 0.6 is 0 Å². The highest BCUT2D eigenvalue weighted by atomic mass is 16.6. The molecule has 1 aliphatic heterocycles. The molecule has 0 atom stereocenters. The Morgan fingerprint density at radius 3 is 2.28 bits per heavy atom. The van der Waals surface area contributed by atoms with Crippen molar-refractivity contribution in [1.82, 2.24) is 4.98 Å². The van der Waals surface area contributed by atoms with E-state index in [1.165, 1.54) is 6.07 Å². The average Bonchev–Trinajstić information content (AvgIpc) is 2.67. The summed E-state index contributed by atoms with van der Waals surface area (Å²) in [6, 6.07) is 11.9. The third kappa shape index (κ3) is 3.33. The van der Waals surface area contributed by atoms with Crippen LogP contribution in [0.2, 0.25) is 0 Å².